The van der Waals surface area contributed by atoms with Crippen LogP contribution < -0.4 is 10.6 Å². The number of anilines is 1. The van der Waals surface area contributed by atoms with Crippen molar-refractivity contribution in [2.24, 2.45) is 0 Å². The van der Waals surface area contributed by atoms with Gasteiger partial charge in [0.15, 0.2) is 5.11 Å². The fraction of sp³-hybridized carbons (Fsp3) is 0.222. The zero-order valence-corrected chi connectivity index (χ0v) is 16.1. The number of benzene rings is 2. The zero-order valence-electron chi connectivity index (χ0n) is 13.8. The summed E-state index contributed by atoms with van der Waals surface area (Å²) in [6, 6.07) is 9.84. The molecule has 0 fully saturated rings. The molecule has 25 heavy (non-hydrogen) atoms. The lowest BCUT2D eigenvalue weighted by molar-refractivity contribution is 0.0977. The highest BCUT2D eigenvalue weighted by Crippen LogP contribution is 2.29. The molecule has 0 spiro atoms. The monoisotopic (exact) mass is 396 g/mol. The Morgan fingerprint density at radius 3 is 2.56 bits per heavy atom. The van der Waals surface area contributed by atoms with Gasteiger partial charge in [0.25, 0.3) is 5.91 Å². The number of halogens is 2. The smallest absolute Gasteiger partial charge is 0.257 e. The Hall–Kier alpha value is -1.82. The summed E-state index contributed by atoms with van der Waals surface area (Å²) in [5.74, 6) is -0.0210. The molecule has 0 heterocycles. The third-order valence-electron chi connectivity index (χ3n) is 3.86. The van der Waals surface area contributed by atoms with Crippen molar-refractivity contribution in [2.75, 3.05) is 5.32 Å². The van der Waals surface area contributed by atoms with E-state index in [1.807, 2.05) is 12.1 Å². The number of phenols is 1. The van der Waals surface area contributed by atoms with Crippen molar-refractivity contribution in [1.29, 1.82) is 0 Å². The van der Waals surface area contributed by atoms with E-state index in [2.05, 4.69) is 24.5 Å². The Morgan fingerprint density at radius 1 is 1.20 bits per heavy atom. The molecule has 1 atom stereocenters. The largest absolute Gasteiger partial charge is 0.506 e. The fourth-order valence-electron chi connectivity index (χ4n) is 2.16. The van der Waals surface area contributed by atoms with E-state index in [4.69, 9.17) is 35.4 Å². The van der Waals surface area contributed by atoms with Crippen molar-refractivity contribution in [3.05, 3.63) is 57.6 Å². The van der Waals surface area contributed by atoms with Crippen molar-refractivity contribution in [3.8, 4) is 5.75 Å². The van der Waals surface area contributed by atoms with E-state index in [0.717, 1.165) is 12.0 Å². The van der Waals surface area contributed by atoms with Crippen LogP contribution in [0.2, 0.25) is 10.0 Å². The molecule has 0 bridgehead atoms. The van der Waals surface area contributed by atoms with Gasteiger partial charge in [-0.25, -0.2) is 0 Å². The second-order valence-corrected chi connectivity index (χ2v) is 6.85. The first-order chi connectivity index (χ1) is 11.8. The van der Waals surface area contributed by atoms with Crippen LogP contribution in [0.5, 0.6) is 5.75 Å². The number of aromatic hydroxyl groups is 1. The number of amides is 1. The Labute approximate surface area is 162 Å². The number of rotatable bonds is 4. The third-order valence-corrected chi connectivity index (χ3v) is 4.80. The van der Waals surface area contributed by atoms with Gasteiger partial charge in [-0.2, -0.15) is 0 Å². The minimum atomic E-state index is -0.423. The molecule has 2 aromatic carbocycles. The number of hydrogen-bond donors (Lipinski definition) is 3. The topological polar surface area (TPSA) is 61.4 Å². The van der Waals surface area contributed by atoms with E-state index >= 15 is 0 Å². The summed E-state index contributed by atoms with van der Waals surface area (Å²) < 4.78 is 0. The summed E-state index contributed by atoms with van der Waals surface area (Å²) >= 11 is 16.9. The third kappa shape index (κ3) is 5.08. The number of thiocarbonyl (C=S) groups is 1. The number of carbonyl (C=O) groups excluding carboxylic acids is 1. The summed E-state index contributed by atoms with van der Waals surface area (Å²) in [5.41, 5.74) is 1.84. The molecule has 0 aliphatic rings. The second kappa shape index (κ2) is 8.52. The Morgan fingerprint density at radius 2 is 1.92 bits per heavy atom. The minimum Gasteiger partial charge on any atom is -0.506 e. The Bertz CT molecular complexity index is 812. The number of nitrogens with one attached hydrogen (secondary N) is 2. The number of phenolic OH excluding ortho intramolecular Hbond substituents is 1. The van der Waals surface area contributed by atoms with Crippen LogP contribution in [0.1, 0.15) is 42.1 Å². The summed E-state index contributed by atoms with van der Waals surface area (Å²) in [5, 5.41) is 16.1. The Balaban J connectivity index is 2.09. The maximum absolute atomic E-state index is 12.2. The van der Waals surface area contributed by atoms with E-state index in [-0.39, 0.29) is 15.9 Å². The van der Waals surface area contributed by atoms with Crippen molar-refractivity contribution in [3.63, 3.8) is 0 Å². The van der Waals surface area contributed by atoms with Crippen LogP contribution in [-0.4, -0.2) is 16.1 Å². The van der Waals surface area contributed by atoms with E-state index in [1.165, 1.54) is 12.1 Å². The van der Waals surface area contributed by atoms with Gasteiger partial charge in [-0.05, 0) is 60.5 Å². The molecular formula is C18H18Cl2N2O2S. The van der Waals surface area contributed by atoms with Crippen LogP contribution in [0.25, 0.3) is 0 Å². The van der Waals surface area contributed by atoms with Gasteiger partial charge in [0.2, 0.25) is 0 Å². The highest BCUT2D eigenvalue weighted by molar-refractivity contribution is 7.80. The van der Waals surface area contributed by atoms with Gasteiger partial charge >= 0.3 is 0 Å². The predicted molar refractivity (Wildman–Crippen MR) is 107 cm³/mol. The molecule has 2 rings (SSSR count). The van der Waals surface area contributed by atoms with Crippen LogP contribution in [0.15, 0.2) is 36.4 Å². The predicted octanol–water partition coefficient (Wildman–Crippen LogP) is 5.34. The first-order valence-electron chi connectivity index (χ1n) is 7.72. The summed E-state index contributed by atoms with van der Waals surface area (Å²) in [4.78, 5) is 12.2. The molecule has 7 heteroatoms. The van der Waals surface area contributed by atoms with E-state index < -0.39 is 5.91 Å². The maximum Gasteiger partial charge on any atom is 0.257 e. The highest BCUT2D eigenvalue weighted by Gasteiger charge is 2.12. The molecule has 0 saturated carbocycles. The fourth-order valence-corrected chi connectivity index (χ4v) is 2.66. The average molecular weight is 397 g/mol. The summed E-state index contributed by atoms with van der Waals surface area (Å²) in [6.07, 6.45) is 0.975. The number of hydrogen-bond acceptors (Lipinski definition) is 3. The van der Waals surface area contributed by atoms with Gasteiger partial charge in [-0.15, -0.1) is 0 Å². The molecule has 2 aromatic rings. The van der Waals surface area contributed by atoms with Crippen LogP contribution in [0.4, 0.5) is 5.69 Å². The lowest BCUT2D eigenvalue weighted by atomic mass is 9.98. The SMILES string of the molecule is CC[C@@H](C)c1ccc(O)c(NC(=S)NC(=O)c2ccc(Cl)c(Cl)c2)c1. The molecule has 0 aromatic heterocycles. The van der Waals surface area contributed by atoms with E-state index in [9.17, 15) is 9.90 Å². The molecule has 4 nitrogen and oxygen atoms in total. The van der Waals surface area contributed by atoms with Crippen molar-refractivity contribution >= 4 is 52.1 Å². The first kappa shape index (κ1) is 19.5. The van der Waals surface area contributed by atoms with Gasteiger partial charge in [0.1, 0.15) is 5.75 Å². The normalized spacial score (nSPS) is 11.7. The summed E-state index contributed by atoms with van der Waals surface area (Å²) in [6.45, 7) is 4.19. The van der Waals surface area contributed by atoms with Crippen molar-refractivity contribution in [2.45, 2.75) is 26.2 Å². The van der Waals surface area contributed by atoms with Gasteiger partial charge in [-0.1, -0.05) is 43.1 Å². The average Bonchev–Trinajstić information content (AvgIpc) is 2.58. The van der Waals surface area contributed by atoms with Crippen LogP contribution in [0, 0.1) is 0 Å². The molecule has 3 N–H and O–H groups in total. The van der Waals surface area contributed by atoms with Gasteiger partial charge < -0.3 is 10.4 Å². The number of carbonyl (C=O) groups is 1. The maximum atomic E-state index is 12.2. The molecule has 1 amide bonds. The summed E-state index contributed by atoms with van der Waals surface area (Å²) in [7, 11) is 0. The molecule has 0 unspecified atom stereocenters. The molecule has 132 valence electrons. The quantitative estimate of drug-likeness (QED) is 0.482. The van der Waals surface area contributed by atoms with Crippen molar-refractivity contribution < 1.29 is 9.90 Å². The molecule has 0 radical (unpaired) electrons. The second-order valence-electron chi connectivity index (χ2n) is 5.62. The zero-order chi connectivity index (χ0) is 18.6. The Kier molecular flexibility index (Phi) is 6.64. The first-order valence-corrected chi connectivity index (χ1v) is 8.88. The van der Waals surface area contributed by atoms with E-state index in [1.54, 1.807) is 12.1 Å². The van der Waals surface area contributed by atoms with Crippen LogP contribution in [0.3, 0.4) is 0 Å². The van der Waals surface area contributed by atoms with Crippen molar-refractivity contribution in [1.82, 2.24) is 5.32 Å². The molecule has 0 saturated heterocycles. The lowest BCUT2D eigenvalue weighted by Gasteiger charge is -2.15. The highest BCUT2D eigenvalue weighted by atomic mass is 35.5. The van der Waals surface area contributed by atoms with Crippen LogP contribution >= 0.6 is 35.4 Å². The lowest BCUT2D eigenvalue weighted by Crippen LogP contribution is -2.34. The molecular weight excluding hydrogens is 379 g/mol. The van der Waals surface area contributed by atoms with Gasteiger partial charge in [0, 0.05) is 5.56 Å². The van der Waals surface area contributed by atoms with Gasteiger partial charge in [0.05, 0.1) is 15.7 Å². The molecule has 0 aliphatic carbocycles. The molecule has 0 aliphatic heterocycles. The minimum absolute atomic E-state index is 0.0539. The standard InChI is InChI=1S/C18H18Cl2N2O2S/c1-3-10(2)11-5-7-16(23)15(9-11)21-18(25)22-17(24)12-4-6-13(19)14(20)8-12/h4-10,23H,3H2,1-2H3,(H2,21,22,24,25)/t10-/m1/s1. The van der Waals surface area contributed by atoms with Crippen LogP contribution in [-0.2, 0) is 0 Å². The van der Waals surface area contributed by atoms with Gasteiger partial charge in [-0.3, -0.25) is 10.1 Å². The van der Waals surface area contributed by atoms with E-state index in [0.29, 0.717) is 22.2 Å².